The predicted octanol–water partition coefficient (Wildman–Crippen LogP) is 2.55. The van der Waals surface area contributed by atoms with Gasteiger partial charge in [-0.2, -0.15) is 0 Å². The quantitative estimate of drug-likeness (QED) is 0.706. The molecule has 1 atom stereocenters. The molecule has 0 radical (unpaired) electrons. The molecule has 1 aromatic rings. The summed E-state index contributed by atoms with van der Waals surface area (Å²) in [5, 5.41) is 6.50. The Kier molecular flexibility index (Phi) is 6.33. The minimum Gasteiger partial charge on any atom is -0.376 e. The molecule has 1 aromatic heterocycles. The Morgan fingerprint density at radius 1 is 1.19 bits per heavy atom. The van der Waals surface area contributed by atoms with Crippen LogP contribution in [-0.4, -0.2) is 72.7 Å². The maximum atomic E-state index is 13.4. The highest BCUT2D eigenvalue weighted by molar-refractivity contribution is 6.04. The van der Waals surface area contributed by atoms with Crippen molar-refractivity contribution in [3.8, 4) is 0 Å². The van der Waals surface area contributed by atoms with E-state index in [2.05, 4.69) is 20.5 Å². The number of carbonyl (C=O) groups excluding carboxylic acids is 2. The molecule has 1 saturated carbocycles. The van der Waals surface area contributed by atoms with Crippen LogP contribution in [0.5, 0.6) is 0 Å². The molecule has 1 unspecified atom stereocenters. The van der Waals surface area contributed by atoms with Gasteiger partial charge in [-0.3, -0.25) is 9.59 Å². The van der Waals surface area contributed by atoms with E-state index in [9.17, 15) is 9.59 Å². The number of nitrogens with one attached hydrogen (secondary N) is 2. The minimum absolute atomic E-state index is 0.00913. The number of amides is 2. The van der Waals surface area contributed by atoms with Crippen LogP contribution >= 0.6 is 0 Å². The number of fused-ring (bicyclic) bond motifs is 1. The molecule has 0 bridgehead atoms. The maximum Gasteiger partial charge on any atom is 0.253 e. The fourth-order valence-corrected chi connectivity index (χ4v) is 5.73. The van der Waals surface area contributed by atoms with Crippen molar-refractivity contribution < 1.29 is 14.3 Å². The van der Waals surface area contributed by atoms with Crippen LogP contribution in [0.25, 0.3) is 0 Å². The highest BCUT2D eigenvalue weighted by Crippen LogP contribution is 2.32. The lowest BCUT2D eigenvalue weighted by Gasteiger charge is -2.41. The molecular weight excluding hydrogens is 406 g/mol. The zero-order valence-corrected chi connectivity index (χ0v) is 18.9. The van der Waals surface area contributed by atoms with Crippen molar-refractivity contribution in [1.29, 1.82) is 0 Å². The number of hydrogen-bond donors (Lipinski definition) is 2. The van der Waals surface area contributed by atoms with Gasteiger partial charge in [-0.05, 0) is 57.7 Å². The summed E-state index contributed by atoms with van der Waals surface area (Å²) in [6.45, 7) is 4.67. The number of anilines is 2. The number of likely N-dealkylation sites (tertiary alicyclic amines) is 1. The molecule has 5 rings (SSSR count). The van der Waals surface area contributed by atoms with Gasteiger partial charge in [-0.1, -0.05) is 19.3 Å². The normalized spacial score (nSPS) is 25.4. The highest BCUT2D eigenvalue weighted by Gasteiger charge is 2.37. The van der Waals surface area contributed by atoms with E-state index in [1.165, 1.54) is 19.3 Å². The molecule has 32 heavy (non-hydrogen) atoms. The maximum absolute atomic E-state index is 13.4. The fourth-order valence-electron chi connectivity index (χ4n) is 5.73. The van der Waals surface area contributed by atoms with E-state index in [-0.39, 0.29) is 30.0 Å². The van der Waals surface area contributed by atoms with Crippen molar-refractivity contribution in [2.75, 3.05) is 49.5 Å². The van der Waals surface area contributed by atoms with Crippen molar-refractivity contribution in [2.24, 2.45) is 0 Å². The van der Waals surface area contributed by atoms with E-state index in [1.54, 1.807) is 11.1 Å². The Hall–Kier alpha value is -2.19. The van der Waals surface area contributed by atoms with Crippen LogP contribution in [0, 0.1) is 0 Å². The Bertz CT molecular complexity index is 842. The lowest BCUT2D eigenvalue weighted by atomic mass is 9.81. The summed E-state index contributed by atoms with van der Waals surface area (Å²) in [4.78, 5) is 34.8. The van der Waals surface area contributed by atoms with Crippen molar-refractivity contribution >= 4 is 23.3 Å². The molecule has 174 valence electrons. The van der Waals surface area contributed by atoms with Gasteiger partial charge in [-0.15, -0.1) is 0 Å². The van der Waals surface area contributed by atoms with Crippen LogP contribution in [0.15, 0.2) is 12.3 Å². The average Bonchev–Trinajstić information content (AvgIpc) is 3.50. The lowest BCUT2D eigenvalue weighted by molar-refractivity contribution is -0.117. The Morgan fingerprint density at radius 2 is 2.00 bits per heavy atom. The van der Waals surface area contributed by atoms with Gasteiger partial charge >= 0.3 is 0 Å². The van der Waals surface area contributed by atoms with Crippen LogP contribution in [0.3, 0.4) is 0 Å². The summed E-state index contributed by atoms with van der Waals surface area (Å²) in [6.07, 6.45) is 11.8. The molecular formula is C24H35N5O3. The van der Waals surface area contributed by atoms with Gasteiger partial charge in [-0.25, -0.2) is 4.98 Å². The topological polar surface area (TPSA) is 86.8 Å². The van der Waals surface area contributed by atoms with Crippen LogP contribution < -0.4 is 15.5 Å². The summed E-state index contributed by atoms with van der Waals surface area (Å²) in [6, 6.07) is 1.82. The molecule has 8 heteroatoms. The number of ether oxygens (including phenoxy) is 1. The van der Waals surface area contributed by atoms with Gasteiger partial charge in [0, 0.05) is 19.3 Å². The van der Waals surface area contributed by atoms with Gasteiger partial charge in [0.1, 0.15) is 5.82 Å². The Balaban J connectivity index is 1.35. The molecule has 3 aliphatic heterocycles. The third-order valence-electron chi connectivity index (χ3n) is 7.45. The molecule has 1 aliphatic carbocycles. The molecule has 8 nitrogen and oxygen atoms in total. The second-order valence-corrected chi connectivity index (χ2v) is 9.86. The predicted molar refractivity (Wildman–Crippen MR) is 123 cm³/mol. The summed E-state index contributed by atoms with van der Waals surface area (Å²) in [5.74, 6) is 0.560. The van der Waals surface area contributed by atoms with E-state index < -0.39 is 0 Å². The number of hydrogen-bond acceptors (Lipinski definition) is 6. The van der Waals surface area contributed by atoms with E-state index >= 15 is 0 Å². The van der Waals surface area contributed by atoms with Crippen LogP contribution in [0.1, 0.15) is 68.1 Å². The van der Waals surface area contributed by atoms with Crippen LogP contribution in [0.2, 0.25) is 0 Å². The lowest BCUT2D eigenvalue weighted by Crippen LogP contribution is -2.56. The van der Waals surface area contributed by atoms with Crippen LogP contribution in [-0.2, 0) is 9.53 Å². The first kappa shape index (κ1) is 21.6. The van der Waals surface area contributed by atoms with Crippen molar-refractivity contribution in [3.63, 3.8) is 0 Å². The summed E-state index contributed by atoms with van der Waals surface area (Å²) < 4.78 is 5.76. The first-order valence-electron chi connectivity index (χ1n) is 12.3. The number of aromatic nitrogens is 1. The molecule has 0 spiro atoms. The fraction of sp³-hybridized carbons (Fsp3) is 0.708. The van der Waals surface area contributed by atoms with Crippen LogP contribution in [0.4, 0.5) is 11.5 Å². The first-order chi connectivity index (χ1) is 15.6. The minimum atomic E-state index is -0.166. The SMILES string of the molecule is O=C(NC1(CN2CCCC2)CCCCC1)c1cnc2c(c1)N(CC1CCCO1)C(=O)CN2. The van der Waals surface area contributed by atoms with Crippen molar-refractivity contribution in [2.45, 2.75) is 69.4 Å². The van der Waals surface area contributed by atoms with E-state index in [0.717, 1.165) is 64.8 Å². The van der Waals surface area contributed by atoms with E-state index in [0.29, 0.717) is 23.6 Å². The molecule has 3 fully saturated rings. The molecule has 2 N–H and O–H groups in total. The summed E-state index contributed by atoms with van der Waals surface area (Å²) in [5.41, 5.74) is 1.03. The van der Waals surface area contributed by atoms with E-state index in [4.69, 9.17) is 4.74 Å². The zero-order chi connectivity index (χ0) is 22.0. The summed E-state index contributed by atoms with van der Waals surface area (Å²) in [7, 11) is 0. The standard InChI is InChI=1S/C24H35N5O3/c30-21-15-26-22-20(29(21)16-19-7-6-12-32-19)13-18(14-25-22)23(31)27-24(8-2-1-3-9-24)17-28-10-4-5-11-28/h13-14,19H,1-12,15-17H2,(H,25,26)(H,27,31). The third kappa shape index (κ3) is 4.62. The molecule has 2 saturated heterocycles. The Morgan fingerprint density at radius 3 is 2.75 bits per heavy atom. The number of nitrogens with zero attached hydrogens (tertiary/aromatic N) is 3. The first-order valence-corrected chi connectivity index (χ1v) is 12.3. The van der Waals surface area contributed by atoms with Gasteiger partial charge in [0.2, 0.25) is 5.91 Å². The average molecular weight is 442 g/mol. The second-order valence-electron chi connectivity index (χ2n) is 9.86. The molecule has 4 heterocycles. The Labute approximate surface area is 190 Å². The monoisotopic (exact) mass is 441 g/mol. The highest BCUT2D eigenvalue weighted by atomic mass is 16.5. The van der Waals surface area contributed by atoms with Gasteiger partial charge in [0.15, 0.2) is 0 Å². The van der Waals surface area contributed by atoms with Gasteiger partial charge < -0.3 is 25.2 Å². The third-order valence-corrected chi connectivity index (χ3v) is 7.45. The second kappa shape index (κ2) is 9.35. The van der Waals surface area contributed by atoms with E-state index in [1.807, 2.05) is 6.07 Å². The summed E-state index contributed by atoms with van der Waals surface area (Å²) >= 11 is 0. The molecule has 2 amide bonds. The van der Waals surface area contributed by atoms with Crippen molar-refractivity contribution in [3.05, 3.63) is 17.8 Å². The number of pyridine rings is 1. The van der Waals surface area contributed by atoms with Gasteiger partial charge in [0.25, 0.3) is 5.91 Å². The molecule has 0 aromatic carbocycles. The van der Waals surface area contributed by atoms with Crippen molar-refractivity contribution in [1.82, 2.24) is 15.2 Å². The number of carbonyl (C=O) groups is 2. The van der Waals surface area contributed by atoms with Gasteiger partial charge in [0.05, 0.1) is 36.0 Å². The largest absolute Gasteiger partial charge is 0.376 e. The molecule has 4 aliphatic rings. The zero-order valence-electron chi connectivity index (χ0n) is 18.9. The smallest absolute Gasteiger partial charge is 0.253 e. The number of rotatable bonds is 6.